The number of aromatic nitrogens is 1. The largest absolute Gasteiger partial charge is 0.391 e. The number of aliphatic hydroxyl groups excluding tert-OH is 1. The summed E-state index contributed by atoms with van der Waals surface area (Å²) in [6.07, 6.45) is -0.210. The fraction of sp³-hybridized carbons (Fsp3) is 0.769. The molecule has 2 heterocycles. The van der Waals surface area contributed by atoms with Crippen LogP contribution in [0.2, 0.25) is 0 Å². The zero-order valence-corrected chi connectivity index (χ0v) is 12.2. The van der Waals surface area contributed by atoms with Gasteiger partial charge in [-0.15, -0.1) is 11.3 Å². The van der Waals surface area contributed by atoms with Crippen molar-refractivity contribution in [2.75, 3.05) is 19.6 Å². The van der Waals surface area contributed by atoms with E-state index in [0.717, 1.165) is 31.9 Å². The number of nitrogens with one attached hydrogen (secondary N) is 2. The van der Waals surface area contributed by atoms with Crippen LogP contribution in [0.3, 0.4) is 0 Å². The number of hydrogen-bond donors (Lipinski definition) is 3. The molecular weight excluding hydrogens is 246 g/mol. The first-order valence-electron chi connectivity index (χ1n) is 6.51. The monoisotopic (exact) mass is 269 g/mol. The van der Waals surface area contributed by atoms with Crippen LogP contribution in [0.4, 0.5) is 0 Å². The van der Waals surface area contributed by atoms with Crippen molar-refractivity contribution in [3.05, 3.63) is 16.1 Å². The Morgan fingerprint density at radius 1 is 1.50 bits per heavy atom. The van der Waals surface area contributed by atoms with Gasteiger partial charge in [-0.25, -0.2) is 4.98 Å². The second kappa shape index (κ2) is 5.65. The maximum absolute atomic E-state index is 9.68. The van der Waals surface area contributed by atoms with Gasteiger partial charge < -0.3 is 15.7 Å². The zero-order valence-electron chi connectivity index (χ0n) is 11.4. The molecule has 1 aromatic rings. The summed E-state index contributed by atoms with van der Waals surface area (Å²) in [5.41, 5.74) is 1.24. The molecule has 0 aromatic carbocycles. The van der Waals surface area contributed by atoms with E-state index in [0.29, 0.717) is 5.92 Å². The van der Waals surface area contributed by atoms with Gasteiger partial charge in [0.25, 0.3) is 0 Å². The number of nitrogens with zero attached hydrogens (tertiary/aromatic N) is 1. The van der Waals surface area contributed by atoms with Gasteiger partial charge in [-0.05, 0) is 0 Å². The van der Waals surface area contributed by atoms with Crippen LogP contribution >= 0.6 is 11.3 Å². The SMILES string of the molecule is CC(C)(C)c1nc(CNCC2CNCC2O)cs1. The van der Waals surface area contributed by atoms with Crippen molar-refractivity contribution < 1.29 is 5.11 Å². The van der Waals surface area contributed by atoms with E-state index in [1.165, 1.54) is 5.01 Å². The molecule has 0 amide bonds. The van der Waals surface area contributed by atoms with Gasteiger partial charge in [0.2, 0.25) is 0 Å². The summed E-state index contributed by atoms with van der Waals surface area (Å²) < 4.78 is 0. The van der Waals surface area contributed by atoms with Crippen molar-refractivity contribution in [3.8, 4) is 0 Å². The molecule has 2 atom stereocenters. The molecule has 0 radical (unpaired) electrons. The molecule has 2 unspecified atom stereocenters. The molecule has 4 nitrogen and oxygen atoms in total. The van der Waals surface area contributed by atoms with Crippen LogP contribution < -0.4 is 10.6 Å². The Hall–Kier alpha value is -0.490. The van der Waals surface area contributed by atoms with Gasteiger partial charge in [-0.1, -0.05) is 20.8 Å². The fourth-order valence-electron chi connectivity index (χ4n) is 2.05. The highest BCUT2D eigenvalue weighted by Gasteiger charge is 2.24. The number of thiazole rings is 1. The Kier molecular flexibility index (Phi) is 4.37. The molecule has 0 aliphatic carbocycles. The number of aliphatic hydroxyl groups is 1. The lowest BCUT2D eigenvalue weighted by atomic mass is 9.98. The number of hydrogen-bond acceptors (Lipinski definition) is 5. The molecule has 3 N–H and O–H groups in total. The molecule has 1 saturated heterocycles. The quantitative estimate of drug-likeness (QED) is 0.766. The van der Waals surface area contributed by atoms with E-state index in [-0.39, 0.29) is 11.5 Å². The Labute approximate surface area is 113 Å². The van der Waals surface area contributed by atoms with Gasteiger partial charge in [0.15, 0.2) is 0 Å². The van der Waals surface area contributed by atoms with Crippen LogP contribution in [0.1, 0.15) is 31.5 Å². The van der Waals surface area contributed by atoms with Crippen LogP contribution in [0.5, 0.6) is 0 Å². The van der Waals surface area contributed by atoms with Gasteiger partial charge in [-0.3, -0.25) is 0 Å². The first-order valence-corrected chi connectivity index (χ1v) is 7.39. The second-order valence-electron chi connectivity index (χ2n) is 6.01. The highest BCUT2D eigenvalue weighted by Crippen LogP contribution is 2.25. The summed E-state index contributed by atoms with van der Waals surface area (Å²) in [6, 6.07) is 0. The fourth-order valence-corrected chi connectivity index (χ4v) is 2.95. The van der Waals surface area contributed by atoms with Crippen LogP contribution in [0.25, 0.3) is 0 Å². The van der Waals surface area contributed by atoms with E-state index in [2.05, 4.69) is 41.8 Å². The Morgan fingerprint density at radius 3 is 2.83 bits per heavy atom. The maximum atomic E-state index is 9.68. The third-order valence-corrected chi connectivity index (χ3v) is 4.53. The molecule has 1 aromatic heterocycles. The molecule has 18 heavy (non-hydrogen) atoms. The van der Waals surface area contributed by atoms with Crippen molar-refractivity contribution in [3.63, 3.8) is 0 Å². The minimum absolute atomic E-state index is 0.133. The minimum Gasteiger partial charge on any atom is -0.391 e. The normalized spacial score (nSPS) is 24.7. The maximum Gasteiger partial charge on any atom is 0.0982 e. The van der Waals surface area contributed by atoms with Crippen molar-refractivity contribution in [2.45, 2.75) is 38.8 Å². The first-order chi connectivity index (χ1) is 8.47. The molecule has 102 valence electrons. The van der Waals surface area contributed by atoms with Gasteiger partial charge >= 0.3 is 0 Å². The second-order valence-corrected chi connectivity index (χ2v) is 6.87. The van der Waals surface area contributed by atoms with Gasteiger partial charge in [0, 0.05) is 42.9 Å². The highest BCUT2D eigenvalue weighted by atomic mass is 32.1. The van der Waals surface area contributed by atoms with E-state index in [1.54, 1.807) is 11.3 Å². The lowest BCUT2D eigenvalue weighted by Crippen LogP contribution is -2.30. The third kappa shape index (κ3) is 3.51. The van der Waals surface area contributed by atoms with E-state index in [4.69, 9.17) is 0 Å². The molecule has 0 bridgehead atoms. The summed E-state index contributed by atoms with van der Waals surface area (Å²) in [6.45, 7) is 9.80. The van der Waals surface area contributed by atoms with E-state index in [1.807, 2.05) is 0 Å². The lowest BCUT2D eigenvalue weighted by Gasteiger charge is -2.14. The third-order valence-electron chi connectivity index (χ3n) is 3.21. The molecule has 0 spiro atoms. The molecule has 1 aliphatic rings. The van der Waals surface area contributed by atoms with Gasteiger partial charge in [0.05, 0.1) is 16.8 Å². The predicted octanol–water partition coefficient (Wildman–Crippen LogP) is 1.11. The topological polar surface area (TPSA) is 57.2 Å². The van der Waals surface area contributed by atoms with Crippen LogP contribution in [-0.2, 0) is 12.0 Å². The first kappa shape index (κ1) is 13.9. The van der Waals surface area contributed by atoms with E-state index < -0.39 is 0 Å². The molecule has 2 rings (SSSR count). The molecule has 1 fully saturated rings. The average molecular weight is 269 g/mol. The highest BCUT2D eigenvalue weighted by molar-refractivity contribution is 7.09. The van der Waals surface area contributed by atoms with Crippen molar-refractivity contribution in [2.24, 2.45) is 5.92 Å². The number of rotatable bonds is 4. The Balaban J connectivity index is 1.78. The smallest absolute Gasteiger partial charge is 0.0982 e. The summed E-state index contributed by atoms with van der Waals surface area (Å²) in [5, 5.41) is 19.6. The molecule has 1 aliphatic heterocycles. The molecule has 5 heteroatoms. The van der Waals surface area contributed by atoms with Crippen LogP contribution in [0.15, 0.2) is 5.38 Å². The van der Waals surface area contributed by atoms with Crippen molar-refractivity contribution >= 4 is 11.3 Å². The summed E-state index contributed by atoms with van der Waals surface area (Å²) in [5.74, 6) is 0.325. The zero-order chi connectivity index (χ0) is 13.2. The Morgan fingerprint density at radius 2 is 2.28 bits per heavy atom. The standard InChI is InChI=1S/C13H23N3OS/c1-13(2,3)12-16-10(8-18-12)6-14-4-9-5-15-7-11(9)17/h8-9,11,14-15,17H,4-7H2,1-3H3. The van der Waals surface area contributed by atoms with E-state index >= 15 is 0 Å². The lowest BCUT2D eigenvalue weighted by molar-refractivity contribution is 0.146. The summed E-state index contributed by atoms with van der Waals surface area (Å²) in [4.78, 5) is 4.64. The molecule has 0 saturated carbocycles. The number of β-amino-alcohol motifs (C(OH)–C–C–N with tert-alkyl or cyclic N) is 1. The van der Waals surface area contributed by atoms with Crippen LogP contribution in [0, 0.1) is 5.92 Å². The molecular formula is C13H23N3OS. The summed E-state index contributed by atoms with van der Waals surface area (Å²) >= 11 is 1.73. The summed E-state index contributed by atoms with van der Waals surface area (Å²) in [7, 11) is 0. The van der Waals surface area contributed by atoms with E-state index in [9.17, 15) is 5.11 Å². The average Bonchev–Trinajstić information content (AvgIpc) is 2.88. The van der Waals surface area contributed by atoms with Gasteiger partial charge in [0.1, 0.15) is 0 Å². The minimum atomic E-state index is -0.210. The van der Waals surface area contributed by atoms with Crippen molar-refractivity contribution in [1.82, 2.24) is 15.6 Å². The Bertz CT molecular complexity index is 386. The van der Waals surface area contributed by atoms with Crippen molar-refractivity contribution in [1.29, 1.82) is 0 Å². The van der Waals surface area contributed by atoms with Crippen LogP contribution in [-0.4, -0.2) is 35.8 Å². The van der Waals surface area contributed by atoms with Gasteiger partial charge in [-0.2, -0.15) is 0 Å². The predicted molar refractivity (Wildman–Crippen MR) is 74.9 cm³/mol.